The summed E-state index contributed by atoms with van der Waals surface area (Å²) in [7, 11) is 3.47. The number of hydrogen-bond acceptors (Lipinski definition) is 8. The highest BCUT2D eigenvalue weighted by molar-refractivity contribution is 7.22. The van der Waals surface area contributed by atoms with Gasteiger partial charge in [0.15, 0.2) is 11.6 Å². The summed E-state index contributed by atoms with van der Waals surface area (Å²) in [5.41, 5.74) is 2.70. The maximum atomic E-state index is 15.0. The average molecular weight is 645 g/mol. The minimum Gasteiger partial charge on any atom is -0.453 e. The third-order valence-electron chi connectivity index (χ3n) is 7.38. The Labute approximate surface area is 268 Å². The molecule has 0 radical (unpaired) electrons. The van der Waals surface area contributed by atoms with Gasteiger partial charge in [-0.05, 0) is 36.6 Å². The van der Waals surface area contributed by atoms with Crippen LogP contribution in [0.4, 0.5) is 19.7 Å². The van der Waals surface area contributed by atoms with E-state index in [1.54, 1.807) is 36.5 Å². The van der Waals surface area contributed by atoms with Crippen molar-refractivity contribution in [2.24, 2.45) is 7.05 Å². The number of rotatable bonds is 12. The van der Waals surface area contributed by atoms with Crippen molar-refractivity contribution in [1.29, 1.82) is 0 Å². The smallest absolute Gasteiger partial charge is 0.410 e. The van der Waals surface area contributed by atoms with Crippen molar-refractivity contribution in [3.63, 3.8) is 0 Å². The number of nitrogens with one attached hydrogen (secondary N) is 2. The van der Waals surface area contributed by atoms with E-state index in [9.17, 15) is 14.0 Å². The first kappa shape index (κ1) is 31.0. The van der Waals surface area contributed by atoms with Crippen LogP contribution >= 0.6 is 11.3 Å². The molecular formula is C33H33FN6O5S. The van der Waals surface area contributed by atoms with Gasteiger partial charge in [0.05, 0.1) is 40.1 Å². The maximum absolute atomic E-state index is 15.0. The van der Waals surface area contributed by atoms with Crippen LogP contribution in [-0.4, -0.2) is 57.9 Å². The molecule has 5 aromatic rings. The molecule has 238 valence electrons. The van der Waals surface area contributed by atoms with Crippen molar-refractivity contribution in [2.75, 3.05) is 25.6 Å². The molecule has 13 heteroatoms. The van der Waals surface area contributed by atoms with Crippen molar-refractivity contribution in [1.82, 2.24) is 24.8 Å². The fourth-order valence-electron chi connectivity index (χ4n) is 4.73. The van der Waals surface area contributed by atoms with Gasteiger partial charge in [0, 0.05) is 50.8 Å². The first-order valence-corrected chi connectivity index (χ1v) is 15.6. The van der Waals surface area contributed by atoms with Gasteiger partial charge in [-0.25, -0.2) is 19.0 Å². The molecule has 0 unspecified atom stereocenters. The summed E-state index contributed by atoms with van der Waals surface area (Å²) in [4.78, 5) is 36.6. The van der Waals surface area contributed by atoms with Crippen LogP contribution in [0.25, 0.3) is 20.9 Å². The summed E-state index contributed by atoms with van der Waals surface area (Å²) in [6.07, 6.45) is 4.79. The van der Waals surface area contributed by atoms with Crippen LogP contribution in [-0.2, 0) is 29.7 Å². The molecule has 0 atom stereocenters. The van der Waals surface area contributed by atoms with Gasteiger partial charge in [0.25, 0.3) is 0 Å². The van der Waals surface area contributed by atoms with Crippen LogP contribution < -0.4 is 15.4 Å². The predicted octanol–water partition coefficient (Wildman–Crippen LogP) is 6.70. The lowest BCUT2D eigenvalue weighted by Crippen LogP contribution is -2.34. The molecule has 46 heavy (non-hydrogen) atoms. The third kappa shape index (κ3) is 7.44. The molecule has 1 fully saturated rings. The van der Waals surface area contributed by atoms with Gasteiger partial charge < -0.3 is 34.3 Å². The number of fused-ring (bicyclic) bond motifs is 1. The second-order valence-corrected chi connectivity index (χ2v) is 11.9. The van der Waals surface area contributed by atoms with Gasteiger partial charge in [0.2, 0.25) is 0 Å². The zero-order valence-electron chi connectivity index (χ0n) is 25.4. The third-order valence-corrected chi connectivity index (χ3v) is 8.52. The summed E-state index contributed by atoms with van der Waals surface area (Å²) in [6, 6.07) is 17.2. The number of carbonyl (C=O) groups is 2. The Morgan fingerprint density at radius 2 is 1.91 bits per heavy atom. The number of hydrogen-bond donors (Lipinski definition) is 2. The van der Waals surface area contributed by atoms with Gasteiger partial charge in [-0.3, -0.25) is 4.98 Å². The number of imidazole rings is 1. The summed E-state index contributed by atoms with van der Waals surface area (Å²) in [6.45, 7) is 1.14. The predicted molar refractivity (Wildman–Crippen MR) is 172 cm³/mol. The highest BCUT2D eigenvalue weighted by Gasteiger charge is 2.24. The summed E-state index contributed by atoms with van der Waals surface area (Å²) in [5, 5.41) is 5.45. The number of anilines is 1. The summed E-state index contributed by atoms with van der Waals surface area (Å²) in [5.74, 6) is 0.526. The molecule has 11 nitrogen and oxygen atoms in total. The molecule has 3 amide bonds. The number of methoxy groups -OCH3 is 1. The fraction of sp³-hybridized carbons (Fsp3) is 0.273. The highest BCUT2D eigenvalue weighted by atomic mass is 32.1. The van der Waals surface area contributed by atoms with E-state index in [4.69, 9.17) is 14.2 Å². The fourth-order valence-corrected chi connectivity index (χ4v) is 5.83. The van der Waals surface area contributed by atoms with E-state index in [1.165, 1.54) is 23.5 Å². The number of pyridine rings is 1. The zero-order valence-corrected chi connectivity index (χ0v) is 26.2. The van der Waals surface area contributed by atoms with E-state index in [0.29, 0.717) is 35.9 Å². The number of nitrogens with zero attached hydrogens (tertiary/aromatic N) is 4. The van der Waals surface area contributed by atoms with Crippen LogP contribution in [0.3, 0.4) is 0 Å². The molecule has 2 N–H and O–H groups in total. The van der Waals surface area contributed by atoms with Crippen molar-refractivity contribution < 1.29 is 28.2 Å². The second-order valence-electron chi connectivity index (χ2n) is 10.8. The minimum absolute atomic E-state index is 0.0187. The average Bonchev–Trinajstić information content (AvgIpc) is 3.63. The Bertz CT molecular complexity index is 1840. The lowest BCUT2D eigenvalue weighted by molar-refractivity contribution is 0.0789. The number of carbonyl (C=O) groups excluding carboxylic acids is 2. The van der Waals surface area contributed by atoms with Crippen molar-refractivity contribution in [3.05, 3.63) is 90.1 Å². The number of ether oxygens (including phenoxy) is 3. The number of benzene rings is 2. The summed E-state index contributed by atoms with van der Waals surface area (Å²) < 4.78 is 34.4. The van der Waals surface area contributed by atoms with Crippen molar-refractivity contribution in [3.8, 4) is 22.2 Å². The topological polar surface area (TPSA) is 120 Å². The first-order chi connectivity index (χ1) is 22.4. The molecule has 3 aromatic heterocycles. The van der Waals surface area contributed by atoms with Crippen LogP contribution in [0.5, 0.6) is 11.5 Å². The molecule has 1 aliphatic rings. The Balaban J connectivity index is 1.16. The monoisotopic (exact) mass is 644 g/mol. The van der Waals surface area contributed by atoms with Gasteiger partial charge in [-0.2, -0.15) is 0 Å². The van der Waals surface area contributed by atoms with Gasteiger partial charge >= 0.3 is 12.1 Å². The van der Waals surface area contributed by atoms with Crippen LogP contribution in [0, 0.1) is 5.82 Å². The second kappa shape index (κ2) is 14.0. The zero-order chi connectivity index (χ0) is 32.0. The Morgan fingerprint density at radius 3 is 2.67 bits per heavy atom. The van der Waals surface area contributed by atoms with Gasteiger partial charge in [0.1, 0.15) is 18.2 Å². The number of thiophene rings is 1. The van der Waals surface area contributed by atoms with Crippen LogP contribution in [0.15, 0.2) is 73.1 Å². The Hall–Kier alpha value is -5.01. The first-order valence-electron chi connectivity index (χ1n) is 14.8. The van der Waals surface area contributed by atoms with E-state index in [0.717, 1.165) is 33.7 Å². The SMILES string of the molecule is COCCN(Cc1cnc(-c2cc3nccc(Oc4ccc(NC(=O)NC5CC5)cc4F)c3s2)n1C)C(=O)OCc1ccccc1. The van der Waals surface area contributed by atoms with Gasteiger partial charge in [-0.15, -0.1) is 11.3 Å². The van der Waals surface area contributed by atoms with Crippen molar-refractivity contribution >= 4 is 39.4 Å². The molecule has 1 saturated carbocycles. The molecule has 0 saturated heterocycles. The van der Waals surface area contributed by atoms with E-state index in [-0.39, 0.29) is 31.0 Å². The molecule has 0 aliphatic heterocycles. The van der Waals surface area contributed by atoms with E-state index >= 15 is 0 Å². The Kier molecular flexibility index (Phi) is 9.41. The molecule has 3 heterocycles. The van der Waals surface area contributed by atoms with E-state index < -0.39 is 11.9 Å². The number of halogens is 1. The maximum Gasteiger partial charge on any atom is 0.410 e. The minimum atomic E-state index is -0.611. The molecule has 6 rings (SSSR count). The van der Waals surface area contributed by atoms with E-state index in [1.807, 2.05) is 48.0 Å². The number of amides is 3. The van der Waals surface area contributed by atoms with E-state index in [2.05, 4.69) is 20.6 Å². The lowest BCUT2D eigenvalue weighted by atomic mass is 10.2. The van der Waals surface area contributed by atoms with Crippen LogP contribution in [0.2, 0.25) is 0 Å². The molecule has 0 spiro atoms. The normalized spacial score (nSPS) is 12.6. The standard InChI is InChI=1S/C33H33FN6O5S/c1-39-24(19-40(14-15-43-2)33(42)44-20-21-6-4-3-5-7-21)18-36-31(39)29-17-26-30(46-29)28(12-13-35-26)45-27-11-10-23(16-25(27)34)38-32(41)37-22-8-9-22/h3-7,10-13,16-18,22H,8-9,14-15,19-20H2,1-2H3,(H2,37,38,41). The number of aromatic nitrogens is 3. The summed E-state index contributed by atoms with van der Waals surface area (Å²) >= 11 is 1.41. The number of urea groups is 1. The quantitative estimate of drug-likeness (QED) is 0.155. The van der Waals surface area contributed by atoms with Crippen molar-refractivity contribution in [2.45, 2.75) is 32.0 Å². The molecular weight excluding hydrogens is 611 g/mol. The lowest BCUT2D eigenvalue weighted by Gasteiger charge is -2.22. The largest absolute Gasteiger partial charge is 0.453 e. The molecule has 2 aromatic carbocycles. The molecule has 0 bridgehead atoms. The molecule has 1 aliphatic carbocycles. The van der Waals surface area contributed by atoms with Crippen LogP contribution in [0.1, 0.15) is 24.1 Å². The highest BCUT2D eigenvalue weighted by Crippen LogP contribution is 2.39. The van der Waals surface area contributed by atoms with Gasteiger partial charge in [-0.1, -0.05) is 30.3 Å². The Morgan fingerprint density at radius 1 is 1.09 bits per heavy atom.